The average Bonchev–Trinajstić information content (AvgIpc) is 3.56. The van der Waals surface area contributed by atoms with Crippen molar-refractivity contribution in [3.8, 4) is 17.3 Å². The summed E-state index contributed by atoms with van der Waals surface area (Å²) >= 11 is 0. The summed E-state index contributed by atoms with van der Waals surface area (Å²) in [6.45, 7) is 22.0. The van der Waals surface area contributed by atoms with Gasteiger partial charge in [0.1, 0.15) is 5.82 Å². The second kappa shape index (κ2) is 11.4. The minimum atomic E-state index is -0.0705. The van der Waals surface area contributed by atoms with Crippen LogP contribution in [-0.4, -0.2) is 20.0 Å². The fraction of sp³-hybridized carbons (Fsp3) is 0.316. The number of anilines is 1. The Morgan fingerprint density at radius 2 is 1.45 bits per heavy atom. The number of hydrogen-bond donors (Lipinski definition) is 0. The van der Waals surface area contributed by atoms with Crippen molar-refractivity contribution in [3.63, 3.8) is 0 Å². The minimum Gasteiger partial charge on any atom is -0.509 e. The molecular weight excluding hydrogens is 724 g/mol. The maximum Gasteiger partial charge on any atom is 0.135 e. The topological polar surface area (TPSA) is 33.5 Å². The summed E-state index contributed by atoms with van der Waals surface area (Å²) in [5.74, 6) is 2.16. The van der Waals surface area contributed by atoms with E-state index in [4.69, 9.17) is 9.72 Å². The van der Waals surface area contributed by atoms with Crippen LogP contribution in [0.2, 0.25) is 0 Å². The number of fused-ring (bicyclic) bond motifs is 3. The van der Waals surface area contributed by atoms with E-state index in [9.17, 15) is 0 Å². The predicted octanol–water partition coefficient (Wildman–Crippen LogP) is 9.67. The SMILES string of the molecule is CC(C)(C)c1cc(Oc2[c-]c3c(cc2)c2ccccc2n3-c2cc(C(C)(C)C)ccn2)[c-]c(N2C=CN(C(C)(C)C)[CH-]2)c1.[Pt]. The third-order valence-corrected chi connectivity index (χ3v) is 8.00. The first-order chi connectivity index (χ1) is 20.2. The molecule has 0 saturated carbocycles. The van der Waals surface area contributed by atoms with Gasteiger partial charge >= 0.3 is 0 Å². The van der Waals surface area contributed by atoms with Crippen molar-refractivity contribution in [2.45, 2.75) is 78.7 Å². The van der Waals surface area contributed by atoms with Crippen LogP contribution in [0.15, 0.2) is 79.3 Å². The number of pyridine rings is 1. The zero-order valence-electron chi connectivity index (χ0n) is 27.1. The molecule has 5 aromatic rings. The van der Waals surface area contributed by atoms with Crippen molar-refractivity contribution in [2.75, 3.05) is 4.90 Å². The molecule has 2 aromatic heterocycles. The molecule has 1 aliphatic rings. The summed E-state index contributed by atoms with van der Waals surface area (Å²) in [4.78, 5) is 9.11. The van der Waals surface area contributed by atoms with Crippen molar-refractivity contribution in [1.82, 2.24) is 14.5 Å². The van der Waals surface area contributed by atoms with Crippen LogP contribution in [0.1, 0.15) is 73.4 Å². The second-order valence-electron chi connectivity index (χ2n) is 14.5. The fourth-order valence-corrected chi connectivity index (χ4v) is 5.35. The molecule has 0 spiro atoms. The van der Waals surface area contributed by atoms with E-state index in [2.05, 4.69) is 162 Å². The van der Waals surface area contributed by atoms with E-state index in [1.54, 1.807) is 0 Å². The first kappa shape index (κ1) is 31.9. The molecular formula is C38H41N4OPt-3. The average molecular weight is 765 g/mol. The molecule has 1 aliphatic heterocycles. The molecule has 0 radical (unpaired) electrons. The number of para-hydroxylation sites is 1. The van der Waals surface area contributed by atoms with Gasteiger partial charge in [-0.25, -0.2) is 4.98 Å². The molecule has 0 fully saturated rings. The molecule has 3 aromatic carbocycles. The summed E-state index contributed by atoms with van der Waals surface area (Å²) < 4.78 is 8.75. The van der Waals surface area contributed by atoms with Gasteiger partial charge in [-0.15, -0.1) is 47.0 Å². The molecule has 0 N–H and O–H groups in total. The Balaban J connectivity index is 0.00000384. The standard InChI is InChI=1S/C38H41N4O.Pt/c1-36(2,3)26-16-17-39-35(22-26)42-33-13-11-10-12-31(33)32-15-14-29(24-34(32)42)43-30-21-27(37(4,5)6)20-28(23-30)40-18-19-41(25-40)38(7,8)9;/h10-22,25H,1-9H3;/q-3;. The quantitative estimate of drug-likeness (QED) is 0.171. The number of ether oxygens (including phenoxy) is 1. The van der Waals surface area contributed by atoms with Crippen molar-refractivity contribution in [3.05, 3.63) is 109 Å². The van der Waals surface area contributed by atoms with E-state index in [1.807, 2.05) is 12.3 Å². The molecule has 3 heterocycles. The van der Waals surface area contributed by atoms with Gasteiger partial charge in [-0.05, 0) is 73.1 Å². The Morgan fingerprint density at radius 3 is 2.14 bits per heavy atom. The van der Waals surface area contributed by atoms with Gasteiger partial charge in [0.25, 0.3) is 0 Å². The van der Waals surface area contributed by atoms with Crippen LogP contribution in [0.5, 0.6) is 11.5 Å². The fourth-order valence-electron chi connectivity index (χ4n) is 5.35. The molecule has 0 saturated heterocycles. The summed E-state index contributed by atoms with van der Waals surface area (Å²) in [7, 11) is 0. The largest absolute Gasteiger partial charge is 0.509 e. The Bertz CT molecular complexity index is 1850. The van der Waals surface area contributed by atoms with Crippen molar-refractivity contribution in [2.24, 2.45) is 0 Å². The zero-order valence-corrected chi connectivity index (χ0v) is 29.4. The van der Waals surface area contributed by atoms with Crippen LogP contribution in [0.3, 0.4) is 0 Å². The molecule has 44 heavy (non-hydrogen) atoms. The van der Waals surface area contributed by atoms with Crippen LogP contribution < -0.4 is 9.64 Å². The van der Waals surface area contributed by atoms with Gasteiger partial charge in [-0.3, -0.25) is 0 Å². The van der Waals surface area contributed by atoms with E-state index in [0.29, 0.717) is 11.5 Å². The number of rotatable bonds is 4. The van der Waals surface area contributed by atoms with Gasteiger partial charge in [0.2, 0.25) is 0 Å². The van der Waals surface area contributed by atoms with Crippen LogP contribution in [0.25, 0.3) is 27.6 Å². The van der Waals surface area contributed by atoms with Crippen LogP contribution >= 0.6 is 0 Å². The minimum absolute atomic E-state index is 0. The molecule has 0 bridgehead atoms. The van der Waals surface area contributed by atoms with E-state index in [1.165, 1.54) is 11.1 Å². The van der Waals surface area contributed by atoms with Gasteiger partial charge in [0.05, 0.1) is 0 Å². The Morgan fingerprint density at radius 1 is 0.727 bits per heavy atom. The molecule has 5 nitrogen and oxygen atoms in total. The number of aromatic nitrogens is 2. The number of nitrogens with zero attached hydrogens (tertiary/aromatic N) is 4. The Hall–Kier alpha value is -3.56. The summed E-state index contributed by atoms with van der Waals surface area (Å²) in [5, 5.41) is 2.27. The van der Waals surface area contributed by atoms with Gasteiger partial charge < -0.3 is 19.1 Å². The van der Waals surface area contributed by atoms with Crippen LogP contribution in [0, 0.1) is 18.8 Å². The molecule has 0 unspecified atom stereocenters. The van der Waals surface area contributed by atoms with E-state index < -0.39 is 0 Å². The van der Waals surface area contributed by atoms with Crippen LogP contribution in [-0.2, 0) is 31.9 Å². The molecule has 0 amide bonds. The Labute approximate surface area is 276 Å². The van der Waals surface area contributed by atoms with Crippen molar-refractivity contribution >= 4 is 27.5 Å². The molecule has 0 atom stereocenters. The zero-order chi connectivity index (χ0) is 30.7. The van der Waals surface area contributed by atoms with Gasteiger partial charge in [0.15, 0.2) is 0 Å². The van der Waals surface area contributed by atoms with Gasteiger partial charge in [0, 0.05) is 49.8 Å². The van der Waals surface area contributed by atoms with Gasteiger partial charge in [-0.2, -0.15) is 12.7 Å². The Kier molecular flexibility index (Phi) is 8.27. The van der Waals surface area contributed by atoms with Crippen molar-refractivity contribution in [1.29, 1.82) is 0 Å². The smallest absolute Gasteiger partial charge is 0.135 e. The summed E-state index contributed by atoms with van der Waals surface area (Å²) in [6.07, 6.45) is 6.07. The summed E-state index contributed by atoms with van der Waals surface area (Å²) in [6, 6.07) is 28.3. The third kappa shape index (κ3) is 6.17. The van der Waals surface area contributed by atoms with Crippen LogP contribution in [0.4, 0.5) is 5.69 Å². The van der Waals surface area contributed by atoms with E-state index in [0.717, 1.165) is 33.3 Å². The monoisotopic (exact) mass is 764 g/mol. The molecule has 6 rings (SSSR count). The van der Waals surface area contributed by atoms with Crippen molar-refractivity contribution < 1.29 is 25.8 Å². The van der Waals surface area contributed by atoms with Gasteiger partial charge in [-0.1, -0.05) is 65.3 Å². The maximum absolute atomic E-state index is 6.56. The normalized spacial score (nSPS) is 14.0. The van der Waals surface area contributed by atoms with E-state index >= 15 is 0 Å². The number of benzene rings is 3. The maximum atomic E-state index is 6.56. The number of hydrogen-bond acceptors (Lipinski definition) is 4. The third-order valence-electron chi connectivity index (χ3n) is 8.00. The first-order valence-electron chi connectivity index (χ1n) is 15.0. The molecule has 232 valence electrons. The predicted molar refractivity (Wildman–Crippen MR) is 178 cm³/mol. The molecule has 6 heteroatoms. The summed E-state index contributed by atoms with van der Waals surface area (Å²) in [5.41, 5.74) is 5.28. The first-order valence-corrected chi connectivity index (χ1v) is 15.0. The second-order valence-corrected chi connectivity index (χ2v) is 14.5. The van der Waals surface area contributed by atoms with E-state index in [-0.39, 0.29) is 37.4 Å². The molecule has 0 aliphatic carbocycles.